The van der Waals surface area contributed by atoms with Gasteiger partial charge in [0, 0.05) is 18.3 Å². The molecule has 0 saturated carbocycles. The van der Waals surface area contributed by atoms with E-state index in [1.54, 1.807) is 0 Å². The molecule has 0 aromatic carbocycles. The lowest BCUT2D eigenvalue weighted by Gasteiger charge is -2.07. The van der Waals surface area contributed by atoms with Gasteiger partial charge in [0.25, 0.3) is 0 Å². The number of hydrogen-bond acceptors (Lipinski definition) is 3. The van der Waals surface area contributed by atoms with E-state index in [9.17, 15) is 0 Å². The van der Waals surface area contributed by atoms with Crippen molar-refractivity contribution in [2.24, 2.45) is 0 Å². The van der Waals surface area contributed by atoms with Crippen molar-refractivity contribution in [1.29, 1.82) is 0 Å². The first-order valence-corrected chi connectivity index (χ1v) is 5.07. The van der Waals surface area contributed by atoms with Crippen LogP contribution in [0, 0.1) is 0 Å². The second-order valence-corrected chi connectivity index (χ2v) is 3.12. The van der Waals surface area contributed by atoms with Gasteiger partial charge in [0.15, 0.2) is 0 Å². The lowest BCUT2D eigenvalue weighted by molar-refractivity contribution is 0.325. The van der Waals surface area contributed by atoms with Crippen LogP contribution in [0.2, 0.25) is 0 Å². The summed E-state index contributed by atoms with van der Waals surface area (Å²) in [5, 5.41) is 3.12. The monoisotopic (exact) mass is 194 g/mol. The smallest absolute Gasteiger partial charge is 0.213 e. The minimum Gasteiger partial charge on any atom is -0.478 e. The molecule has 0 aliphatic rings. The van der Waals surface area contributed by atoms with Gasteiger partial charge >= 0.3 is 0 Å². The zero-order valence-corrected chi connectivity index (χ0v) is 9.13. The van der Waals surface area contributed by atoms with Gasteiger partial charge in [0.1, 0.15) is 0 Å². The van der Waals surface area contributed by atoms with E-state index in [2.05, 4.69) is 23.3 Å². The fourth-order valence-electron chi connectivity index (χ4n) is 1.33. The van der Waals surface area contributed by atoms with E-state index in [0.717, 1.165) is 24.5 Å². The maximum Gasteiger partial charge on any atom is 0.213 e. The lowest BCUT2D eigenvalue weighted by atomic mass is 10.2. The van der Waals surface area contributed by atoms with Crippen LogP contribution >= 0.6 is 0 Å². The number of aromatic nitrogens is 1. The van der Waals surface area contributed by atoms with Crippen LogP contribution in [0.1, 0.15) is 25.1 Å². The Morgan fingerprint density at radius 3 is 2.71 bits per heavy atom. The summed E-state index contributed by atoms with van der Waals surface area (Å²) in [6, 6.07) is 4.10. The second kappa shape index (κ2) is 5.60. The molecule has 0 spiro atoms. The number of aryl methyl sites for hydroxylation is 1. The Morgan fingerprint density at radius 2 is 2.14 bits per heavy atom. The van der Waals surface area contributed by atoms with E-state index in [4.69, 9.17) is 4.74 Å². The fourth-order valence-corrected chi connectivity index (χ4v) is 1.33. The molecule has 3 nitrogen and oxygen atoms in total. The first kappa shape index (κ1) is 11.0. The molecular formula is C11H18N2O. The molecule has 1 N–H and O–H groups in total. The number of hydrogen-bond donors (Lipinski definition) is 1. The van der Waals surface area contributed by atoms with Crippen molar-refractivity contribution in [3.8, 4) is 5.88 Å². The van der Waals surface area contributed by atoms with Crippen LogP contribution < -0.4 is 10.1 Å². The highest BCUT2D eigenvalue weighted by Crippen LogP contribution is 2.13. The third-order valence-electron chi connectivity index (χ3n) is 1.95. The van der Waals surface area contributed by atoms with E-state index >= 15 is 0 Å². The summed E-state index contributed by atoms with van der Waals surface area (Å²) in [4.78, 5) is 4.37. The maximum atomic E-state index is 5.40. The molecule has 78 valence electrons. The predicted octanol–water partition coefficient (Wildman–Crippen LogP) is 1.76. The Hall–Kier alpha value is -1.09. The Kier molecular flexibility index (Phi) is 4.40. The summed E-state index contributed by atoms with van der Waals surface area (Å²) in [7, 11) is 1.94. The highest BCUT2D eigenvalue weighted by atomic mass is 16.5. The Morgan fingerprint density at radius 1 is 1.36 bits per heavy atom. The highest BCUT2D eigenvalue weighted by molar-refractivity contribution is 5.25. The average Bonchev–Trinajstić information content (AvgIpc) is 2.18. The number of rotatable bonds is 5. The van der Waals surface area contributed by atoms with Gasteiger partial charge in [-0.1, -0.05) is 6.92 Å². The van der Waals surface area contributed by atoms with Crippen LogP contribution in [0.4, 0.5) is 0 Å². The minimum atomic E-state index is 0.666. The van der Waals surface area contributed by atoms with Gasteiger partial charge in [-0.15, -0.1) is 0 Å². The Balaban J connectivity index is 2.88. The fraction of sp³-hybridized carbons (Fsp3) is 0.545. The number of nitrogens with one attached hydrogen (secondary N) is 1. The zero-order valence-electron chi connectivity index (χ0n) is 9.13. The number of nitrogens with zero attached hydrogens (tertiary/aromatic N) is 1. The van der Waals surface area contributed by atoms with Gasteiger partial charge in [-0.3, -0.25) is 0 Å². The first-order valence-electron chi connectivity index (χ1n) is 5.07. The van der Waals surface area contributed by atoms with E-state index in [1.807, 2.05) is 20.0 Å². The first-order chi connectivity index (χ1) is 6.80. The summed E-state index contributed by atoms with van der Waals surface area (Å²) in [5.41, 5.74) is 2.31. The second-order valence-electron chi connectivity index (χ2n) is 3.12. The summed E-state index contributed by atoms with van der Waals surface area (Å²) in [6.45, 7) is 5.59. The SMILES string of the molecule is CCOc1cc(CNC)cc(CC)n1. The molecule has 0 saturated heterocycles. The number of pyridine rings is 1. The molecule has 3 heteroatoms. The molecule has 0 radical (unpaired) electrons. The van der Waals surface area contributed by atoms with Crippen LogP contribution in [0.25, 0.3) is 0 Å². The van der Waals surface area contributed by atoms with Gasteiger partial charge in [0.2, 0.25) is 5.88 Å². The molecule has 0 amide bonds. The van der Waals surface area contributed by atoms with Gasteiger partial charge < -0.3 is 10.1 Å². The largest absolute Gasteiger partial charge is 0.478 e. The van der Waals surface area contributed by atoms with Crippen molar-refractivity contribution in [3.05, 3.63) is 23.4 Å². The van der Waals surface area contributed by atoms with Gasteiger partial charge in [0.05, 0.1) is 6.61 Å². The van der Waals surface area contributed by atoms with E-state index in [-0.39, 0.29) is 0 Å². The summed E-state index contributed by atoms with van der Waals surface area (Å²) >= 11 is 0. The van der Waals surface area contributed by atoms with Crippen molar-refractivity contribution in [2.75, 3.05) is 13.7 Å². The van der Waals surface area contributed by atoms with Crippen molar-refractivity contribution in [2.45, 2.75) is 26.8 Å². The van der Waals surface area contributed by atoms with Crippen molar-refractivity contribution in [3.63, 3.8) is 0 Å². The Labute approximate surface area is 85.5 Å². The summed E-state index contributed by atoms with van der Waals surface area (Å²) in [5.74, 6) is 0.733. The summed E-state index contributed by atoms with van der Waals surface area (Å²) < 4.78 is 5.40. The molecule has 1 rings (SSSR count). The molecule has 14 heavy (non-hydrogen) atoms. The minimum absolute atomic E-state index is 0.666. The van der Waals surface area contributed by atoms with Crippen LogP contribution in [0.3, 0.4) is 0 Å². The third kappa shape index (κ3) is 3.00. The summed E-state index contributed by atoms with van der Waals surface area (Å²) in [6.07, 6.45) is 0.942. The molecule has 0 atom stereocenters. The van der Waals surface area contributed by atoms with E-state index < -0.39 is 0 Å². The topological polar surface area (TPSA) is 34.1 Å². The molecule has 0 bridgehead atoms. The van der Waals surface area contributed by atoms with E-state index in [1.165, 1.54) is 5.56 Å². The maximum absolute atomic E-state index is 5.40. The van der Waals surface area contributed by atoms with Crippen LogP contribution in [-0.4, -0.2) is 18.6 Å². The molecule has 1 aromatic rings. The van der Waals surface area contributed by atoms with Crippen molar-refractivity contribution >= 4 is 0 Å². The lowest BCUT2D eigenvalue weighted by Crippen LogP contribution is -2.07. The normalized spacial score (nSPS) is 10.2. The molecule has 0 fully saturated rings. The van der Waals surface area contributed by atoms with Crippen molar-refractivity contribution < 1.29 is 4.74 Å². The predicted molar refractivity (Wildman–Crippen MR) is 57.5 cm³/mol. The number of ether oxygens (including phenoxy) is 1. The molecular weight excluding hydrogens is 176 g/mol. The quantitative estimate of drug-likeness (QED) is 0.775. The van der Waals surface area contributed by atoms with Crippen LogP contribution in [0.5, 0.6) is 5.88 Å². The van der Waals surface area contributed by atoms with E-state index in [0.29, 0.717) is 6.61 Å². The molecule has 0 unspecified atom stereocenters. The van der Waals surface area contributed by atoms with Gasteiger partial charge in [-0.05, 0) is 32.0 Å². The van der Waals surface area contributed by atoms with Crippen molar-refractivity contribution in [1.82, 2.24) is 10.3 Å². The zero-order chi connectivity index (χ0) is 10.4. The van der Waals surface area contributed by atoms with Gasteiger partial charge in [-0.25, -0.2) is 4.98 Å². The molecule has 0 aliphatic carbocycles. The van der Waals surface area contributed by atoms with Crippen LogP contribution in [-0.2, 0) is 13.0 Å². The molecule has 0 aliphatic heterocycles. The highest BCUT2D eigenvalue weighted by Gasteiger charge is 2.01. The standard InChI is InChI=1S/C11H18N2O/c1-4-10-6-9(8-12-3)7-11(13-10)14-5-2/h6-7,12H,4-5,8H2,1-3H3. The van der Waals surface area contributed by atoms with Crippen LogP contribution in [0.15, 0.2) is 12.1 Å². The molecule has 1 heterocycles. The average molecular weight is 194 g/mol. The van der Waals surface area contributed by atoms with Gasteiger partial charge in [-0.2, -0.15) is 0 Å². The molecule has 1 aromatic heterocycles. The Bertz CT molecular complexity index is 262. The third-order valence-corrected chi connectivity index (χ3v) is 1.95.